The monoisotopic (exact) mass is 422 g/mol. The molecule has 0 saturated carbocycles. The number of thioether (sulfide) groups is 1. The normalized spacial score (nSPS) is 11.2. The van der Waals surface area contributed by atoms with E-state index < -0.39 is 0 Å². The Labute approximate surface area is 177 Å². The van der Waals surface area contributed by atoms with Gasteiger partial charge in [0.25, 0.3) is 0 Å². The van der Waals surface area contributed by atoms with E-state index in [1.807, 2.05) is 47.9 Å². The van der Waals surface area contributed by atoms with Crippen LogP contribution in [0.1, 0.15) is 6.92 Å². The number of amides is 1. The van der Waals surface area contributed by atoms with E-state index in [1.165, 1.54) is 11.8 Å². The van der Waals surface area contributed by atoms with Crippen LogP contribution in [-0.4, -0.2) is 35.6 Å². The highest BCUT2D eigenvalue weighted by Gasteiger charge is 2.15. The first-order valence-electron chi connectivity index (χ1n) is 9.56. The van der Waals surface area contributed by atoms with Crippen molar-refractivity contribution < 1.29 is 4.79 Å². The minimum atomic E-state index is -0.146. The molecule has 0 atom stereocenters. The zero-order valence-electron chi connectivity index (χ0n) is 17.0. The molecule has 2 heterocycles. The van der Waals surface area contributed by atoms with Crippen molar-refractivity contribution in [1.82, 2.24) is 23.9 Å². The number of carbonyl (C=O) groups excluding carboxylic acids is 1. The van der Waals surface area contributed by atoms with Crippen LogP contribution in [0.2, 0.25) is 0 Å². The first kappa shape index (κ1) is 20.0. The largest absolute Gasteiger partial charge is 0.328 e. The quantitative estimate of drug-likeness (QED) is 0.483. The van der Waals surface area contributed by atoms with Gasteiger partial charge in [-0.15, -0.1) is 10.2 Å². The highest BCUT2D eigenvalue weighted by atomic mass is 32.2. The summed E-state index contributed by atoms with van der Waals surface area (Å²) in [4.78, 5) is 24.6. The van der Waals surface area contributed by atoms with Crippen LogP contribution in [0.3, 0.4) is 0 Å². The maximum Gasteiger partial charge on any atom is 0.328 e. The van der Waals surface area contributed by atoms with Crippen molar-refractivity contribution in [1.29, 1.82) is 0 Å². The number of rotatable bonds is 6. The first-order chi connectivity index (χ1) is 14.5. The summed E-state index contributed by atoms with van der Waals surface area (Å²) in [5, 5.41) is 12.2. The molecule has 0 aliphatic heterocycles. The van der Waals surface area contributed by atoms with Gasteiger partial charge in [0, 0.05) is 31.9 Å². The molecule has 2 aromatic carbocycles. The van der Waals surface area contributed by atoms with Crippen LogP contribution in [0, 0.1) is 0 Å². The van der Waals surface area contributed by atoms with Gasteiger partial charge >= 0.3 is 5.69 Å². The van der Waals surface area contributed by atoms with Crippen LogP contribution in [0.4, 0.5) is 5.69 Å². The van der Waals surface area contributed by atoms with Gasteiger partial charge in [-0.25, -0.2) is 4.79 Å². The van der Waals surface area contributed by atoms with Crippen molar-refractivity contribution in [3.8, 4) is 11.4 Å². The van der Waals surface area contributed by atoms with Crippen molar-refractivity contribution in [2.75, 3.05) is 11.1 Å². The molecule has 154 valence electrons. The molecule has 0 aliphatic carbocycles. The van der Waals surface area contributed by atoms with Crippen molar-refractivity contribution >= 4 is 34.4 Å². The molecule has 0 saturated heterocycles. The second kappa shape index (κ2) is 8.19. The van der Waals surface area contributed by atoms with Gasteiger partial charge in [-0.3, -0.25) is 13.9 Å². The summed E-state index contributed by atoms with van der Waals surface area (Å²) in [6.07, 6.45) is 0. The van der Waals surface area contributed by atoms with Gasteiger partial charge < -0.3 is 9.88 Å². The summed E-state index contributed by atoms with van der Waals surface area (Å²) in [5.41, 5.74) is 3.13. The Kier molecular flexibility index (Phi) is 5.45. The van der Waals surface area contributed by atoms with Crippen LogP contribution >= 0.6 is 11.8 Å². The average molecular weight is 423 g/mol. The van der Waals surface area contributed by atoms with E-state index in [0.29, 0.717) is 17.4 Å². The lowest BCUT2D eigenvalue weighted by Gasteiger charge is -2.08. The number of aromatic nitrogens is 5. The molecule has 0 bridgehead atoms. The molecule has 2 aromatic heterocycles. The minimum Gasteiger partial charge on any atom is -0.325 e. The minimum absolute atomic E-state index is 0.0999. The molecule has 4 aromatic rings. The fraction of sp³-hybridized carbons (Fsp3) is 0.238. The van der Waals surface area contributed by atoms with Gasteiger partial charge in [0.05, 0.1) is 16.8 Å². The summed E-state index contributed by atoms with van der Waals surface area (Å²) < 4.78 is 5.15. The third-order valence-corrected chi connectivity index (χ3v) is 5.92. The highest BCUT2D eigenvalue weighted by Crippen LogP contribution is 2.24. The molecule has 1 amide bonds. The number of aryl methyl sites for hydroxylation is 2. The summed E-state index contributed by atoms with van der Waals surface area (Å²) >= 11 is 1.35. The average Bonchev–Trinajstić information content (AvgIpc) is 3.27. The van der Waals surface area contributed by atoms with Crippen LogP contribution in [0.15, 0.2) is 58.5 Å². The smallest absolute Gasteiger partial charge is 0.325 e. The lowest BCUT2D eigenvalue weighted by Crippen LogP contribution is -2.19. The Hall–Kier alpha value is -3.33. The Bertz CT molecular complexity index is 1270. The molecule has 0 fully saturated rings. The third-order valence-electron chi connectivity index (χ3n) is 4.95. The van der Waals surface area contributed by atoms with E-state index >= 15 is 0 Å². The fourth-order valence-corrected chi connectivity index (χ4v) is 4.20. The Morgan fingerprint density at radius 2 is 1.77 bits per heavy atom. The van der Waals surface area contributed by atoms with E-state index in [0.717, 1.165) is 22.4 Å². The van der Waals surface area contributed by atoms with E-state index in [9.17, 15) is 9.59 Å². The summed E-state index contributed by atoms with van der Waals surface area (Å²) in [6.45, 7) is 2.74. The van der Waals surface area contributed by atoms with E-state index in [4.69, 9.17) is 0 Å². The summed E-state index contributed by atoms with van der Waals surface area (Å²) in [5.74, 6) is 0.849. The molecule has 4 rings (SSSR count). The van der Waals surface area contributed by atoms with Crippen LogP contribution < -0.4 is 11.0 Å². The Morgan fingerprint density at radius 3 is 2.50 bits per heavy atom. The van der Waals surface area contributed by atoms with Gasteiger partial charge in [-0.2, -0.15) is 0 Å². The molecule has 0 aliphatic rings. The van der Waals surface area contributed by atoms with E-state index in [-0.39, 0.29) is 17.3 Å². The number of hydrogen-bond acceptors (Lipinski definition) is 5. The van der Waals surface area contributed by atoms with Crippen LogP contribution in [0.25, 0.3) is 22.4 Å². The summed E-state index contributed by atoms with van der Waals surface area (Å²) in [7, 11) is 3.45. The molecule has 9 heteroatoms. The lowest BCUT2D eigenvalue weighted by atomic mass is 10.2. The molecule has 0 unspecified atom stereocenters. The van der Waals surface area contributed by atoms with Gasteiger partial charge in [0.1, 0.15) is 0 Å². The van der Waals surface area contributed by atoms with Gasteiger partial charge in [-0.05, 0) is 25.1 Å². The van der Waals surface area contributed by atoms with Crippen molar-refractivity contribution in [3.63, 3.8) is 0 Å². The third kappa shape index (κ3) is 3.63. The van der Waals surface area contributed by atoms with Crippen molar-refractivity contribution in [2.45, 2.75) is 18.6 Å². The molecule has 30 heavy (non-hydrogen) atoms. The molecular formula is C21H22N6O2S. The van der Waals surface area contributed by atoms with Crippen LogP contribution in [0.5, 0.6) is 0 Å². The molecular weight excluding hydrogens is 400 g/mol. The number of anilines is 1. The lowest BCUT2D eigenvalue weighted by molar-refractivity contribution is -0.113. The number of benzene rings is 2. The van der Waals surface area contributed by atoms with Gasteiger partial charge in [-0.1, -0.05) is 42.1 Å². The zero-order chi connectivity index (χ0) is 21.3. The number of carbonyl (C=O) groups is 1. The maximum absolute atomic E-state index is 12.5. The number of nitrogens with zero attached hydrogens (tertiary/aromatic N) is 5. The van der Waals surface area contributed by atoms with Crippen LogP contribution in [-0.2, 0) is 25.4 Å². The highest BCUT2D eigenvalue weighted by molar-refractivity contribution is 7.99. The zero-order valence-corrected chi connectivity index (χ0v) is 17.8. The summed E-state index contributed by atoms with van der Waals surface area (Å²) in [6, 6.07) is 15.3. The van der Waals surface area contributed by atoms with Crippen molar-refractivity contribution in [3.05, 3.63) is 59.0 Å². The number of nitrogens with one attached hydrogen (secondary N) is 1. The Morgan fingerprint density at radius 1 is 1.03 bits per heavy atom. The number of imidazole rings is 1. The van der Waals surface area contributed by atoms with Crippen molar-refractivity contribution in [2.24, 2.45) is 14.1 Å². The van der Waals surface area contributed by atoms with E-state index in [2.05, 4.69) is 15.5 Å². The first-order valence-corrected chi connectivity index (χ1v) is 10.5. The standard InChI is InChI=1S/C21H22N6O2S/c1-4-27-19(14-8-6-5-7-9-14)23-24-20(27)30-13-18(28)22-15-10-11-16-17(12-15)26(3)21(29)25(16)2/h5-12H,4,13H2,1-3H3,(H,22,28). The molecule has 0 spiro atoms. The molecule has 1 N–H and O–H groups in total. The predicted octanol–water partition coefficient (Wildman–Crippen LogP) is 2.89. The SMILES string of the molecule is CCn1c(SCC(=O)Nc2ccc3c(c2)n(C)c(=O)n3C)nnc1-c1ccccc1. The second-order valence-corrected chi connectivity index (χ2v) is 7.80. The molecule has 0 radical (unpaired) electrons. The van der Waals surface area contributed by atoms with E-state index in [1.54, 1.807) is 35.4 Å². The number of hydrogen-bond donors (Lipinski definition) is 1. The topological polar surface area (TPSA) is 86.7 Å². The fourth-order valence-electron chi connectivity index (χ4n) is 3.39. The van der Waals surface area contributed by atoms with Gasteiger partial charge in [0.2, 0.25) is 5.91 Å². The molecule has 8 nitrogen and oxygen atoms in total. The number of fused-ring (bicyclic) bond motifs is 1. The predicted molar refractivity (Wildman–Crippen MR) is 119 cm³/mol. The second-order valence-electron chi connectivity index (χ2n) is 6.86. The maximum atomic E-state index is 12.5. The Balaban J connectivity index is 1.47. The van der Waals surface area contributed by atoms with Gasteiger partial charge in [0.15, 0.2) is 11.0 Å².